The average Bonchev–Trinajstić information content (AvgIpc) is 2.34. The summed E-state index contributed by atoms with van der Waals surface area (Å²) >= 11 is 1.83. The molecule has 88 valence electrons. The summed E-state index contributed by atoms with van der Waals surface area (Å²) in [6.07, 6.45) is 2.10. The van der Waals surface area contributed by atoms with Gasteiger partial charge in [0, 0.05) is 31.5 Å². The van der Waals surface area contributed by atoms with Crippen LogP contribution < -0.4 is 10.6 Å². The van der Waals surface area contributed by atoms with Gasteiger partial charge in [0.1, 0.15) is 0 Å². The highest BCUT2D eigenvalue weighted by Gasteiger charge is 2.01. The molecule has 1 rings (SSSR count). The third-order valence-corrected chi connectivity index (χ3v) is 2.87. The van der Waals surface area contributed by atoms with Gasteiger partial charge in [-0.3, -0.25) is 4.79 Å². The first kappa shape index (κ1) is 13.1. The first-order valence-corrected chi connectivity index (χ1v) is 6.68. The van der Waals surface area contributed by atoms with Crippen LogP contribution in [0.25, 0.3) is 0 Å². The van der Waals surface area contributed by atoms with Gasteiger partial charge >= 0.3 is 0 Å². The lowest BCUT2D eigenvalue weighted by Crippen LogP contribution is -2.18. The number of carbonyl (C=O) groups excluding carboxylic acids is 1. The lowest BCUT2D eigenvalue weighted by molar-refractivity contribution is 0.0963. The molecule has 0 aliphatic rings. The van der Waals surface area contributed by atoms with Crippen LogP contribution in [0, 0.1) is 0 Å². The first-order valence-electron chi connectivity index (χ1n) is 5.28. The zero-order valence-corrected chi connectivity index (χ0v) is 10.6. The minimum atomic E-state index is -0.0399. The molecular formula is C12H18N2OS. The molecule has 1 amide bonds. The second kappa shape index (κ2) is 7.30. The Morgan fingerprint density at radius 2 is 2.00 bits per heavy atom. The molecule has 1 aromatic rings. The van der Waals surface area contributed by atoms with Gasteiger partial charge in [-0.2, -0.15) is 11.8 Å². The zero-order chi connectivity index (χ0) is 11.8. The first-order chi connectivity index (χ1) is 7.77. The molecule has 1 aromatic carbocycles. The van der Waals surface area contributed by atoms with Gasteiger partial charge < -0.3 is 10.6 Å². The van der Waals surface area contributed by atoms with Gasteiger partial charge in [-0.1, -0.05) is 12.1 Å². The molecule has 0 fully saturated rings. The van der Waals surface area contributed by atoms with Crippen molar-refractivity contribution in [3.8, 4) is 0 Å². The van der Waals surface area contributed by atoms with Gasteiger partial charge in [-0.15, -0.1) is 0 Å². The van der Waals surface area contributed by atoms with E-state index >= 15 is 0 Å². The van der Waals surface area contributed by atoms with E-state index in [0.29, 0.717) is 5.56 Å². The van der Waals surface area contributed by atoms with Crippen molar-refractivity contribution in [2.75, 3.05) is 25.6 Å². The number of benzene rings is 1. The third-order valence-electron chi connectivity index (χ3n) is 2.26. The molecule has 0 atom stereocenters. The average molecular weight is 238 g/mol. The molecule has 0 saturated heterocycles. The van der Waals surface area contributed by atoms with Crippen LogP contribution >= 0.6 is 11.8 Å². The van der Waals surface area contributed by atoms with E-state index < -0.39 is 0 Å². The van der Waals surface area contributed by atoms with Gasteiger partial charge in [0.15, 0.2) is 0 Å². The fourth-order valence-corrected chi connectivity index (χ4v) is 1.67. The van der Waals surface area contributed by atoms with Crippen LogP contribution in [0.3, 0.4) is 0 Å². The van der Waals surface area contributed by atoms with Crippen LogP contribution in [-0.4, -0.2) is 31.5 Å². The van der Waals surface area contributed by atoms with Gasteiger partial charge in [0.2, 0.25) is 0 Å². The van der Waals surface area contributed by atoms with E-state index in [4.69, 9.17) is 0 Å². The Bertz CT molecular complexity index is 324. The second-order valence-electron chi connectivity index (χ2n) is 3.45. The molecule has 0 radical (unpaired) electrons. The summed E-state index contributed by atoms with van der Waals surface area (Å²) < 4.78 is 0. The fourth-order valence-electron chi connectivity index (χ4n) is 1.33. The molecule has 0 saturated carbocycles. The minimum Gasteiger partial charge on any atom is -0.355 e. The van der Waals surface area contributed by atoms with Crippen LogP contribution in [-0.2, 0) is 6.54 Å². The van der Waals surface area contributed by atoms with Crippen molar-refractivity contribution in [2.45, 2.75) is 6.54 Å². The van der Waals surface area contributed by atoms with Crippen molar-refractivity contribution < 1.29 is 4.79 Å². The quantitative estimate of drug-likeness (QED) is 0.738. The summed E-state index contributed by atoms with van der Waals surface area (Å²) in [7, 11) is 1.64. The van der Waals surface area contributed by atoms with Crippen LogP contribution in [0.15, 0.2) is 24.3 Å². The van der Waals surface area contributed by atoms with E-state index in [1.807, 2.05) is 36.0 Å². The van der Waals surface area contributed by atoms with E-state index in [1.54, 1.807) is 7.05 Å². The molecule has 0 spiro atoms. The maximum absolute atomic E-state index is 11.3. The molecule has 2 N–H and O–H groups in total. The Kier molecular flexibility index (Phi) is 5.96. The Hall–Kier alpha value is -1.00. The van der Waals surface area contributed by atoms with E-state index in [-0.39, 0.29) is 5.91 Å². The lowest BCUT2D eigenvalue weighted by atomic mass is 10.1. The molecule has 0 bridgehead atoms. The number of hydrogen-bond acceptors (Lipinski definition) is 3. The summed E-state index contributed by atoms with van der Waals surface area (Å²) in [5.74, 6) is 1.08. The molecule has 0 unspecified atom stereocenters. The third kappa shape index (κ3) is 4.24. The summed E-state index contributed by atoms with van der Waals surface area (Å²) in [6, 6.07) is 7.67. The monoisotopic (exact) mass is 238 g/mol. The largest absolute Gasteiger partial charge is 0.355 e. The maximum Gasteiger partial charge on any atom is 0.251 e. The van der Waals surface area contributed by atoms with Gasteiger partial charge in [0.25, 0.3) is 5.91 Å². The van der Waals surface area contributed by atoms with Crippen molar-refractivity contribution in [3.05, 3.63) is 35.4 Å². The van der Waals surface area contributed by atoms with Crippen LogP contribution in [0.1, 0.15) is 15.9 Å². The van der Waals surface area contributed by atoms with Crippen molar-refractivity contribution in [3.63, 3.8) is 0 Å². The number of carbonyl (C=O) groups is 1. The molecule has 3 nitrogen and oxygen atoms in total. The number of rotatable bonds is 6. The Labute approximate surface area is 101 Å². The predicted molar refractivity (Wildman–Crippen MR) is 69.9 cm³/mol. The van der Waals surface area contributed by atoms with Gasteiger partial charge in [0.05, 0.1) is 0 Å². The topological polar surface area (TPSA) is 41.1 Å². The van der Waals surface area contributed by atoms with Crippen molar-refractivity contribution in [2.24, 2.45) is 0 Å². The summed E-state index contributed by atoms with van der Waals surface area (Å²) in [4.78, 5) is 11.3. The highest BCUT2D eigenvalue weighted by atomic mass is 32.2. The fraction of sp³-hybridized carbons (Fsp3) is 0.417. The van der Waals surface area contributed by atoms with E-state index in [9.17, 15) is 4.79 Å². The number of amides is 1. The number of hydrogen-bond donors (Lipinski definition) is 2. The van der Waals surface area contributed by atoms with Crippen molar-refractivity contribution in [1.29, 1.82) is 0 Å². The molecule has 16 heavy (non-hydrogen) atoms. The molecule has 0 heterocycles. The second-order valence-corrected chi connectivity index (χ2v) is 4.43. The van der Waals surface area contributed by atoms with Gasteiger partial charge in [-0.25, -0.2) is 0 Å². The molecule has 4 heteroatoms. The van der Waals surface area contributed by atoms with Crippen molar-refractivity contribution in [1.82, 2.24) is 10.6 Å². The molecule has 0 aromatic heterocycles. The SMILES string of the molecule is CNC(=O)c1ccc(CNCCSC)cc1. The minimum absolute atomic E-state index is 0.0399. The van der Waals surface area contributed by atoms with Crippen LogP contribution in [0.4, 0.5) is 0 Å². The Morgan fingerprint density at radius 1 is 1.31 bits per heavy atom. The normalized spacial score (nSPS) is 10.1. The highest BCUT2D eigenvalue weighted by molar-refractivity contribution is 7.98. The van der Waals surface area contributed by atoms with E-state index in [1.165, 1.54) is 5.56 Å². The lowest BCUT2D eigenvalue weighted by Gasteiger charge is -2.05. The van der Waals surface area contributed by atoms with Crippen LogP contribution in [0.5, 0.6) is 0 Å². The summed E-state index contributed by atoms with van der Waals surface area (Å²) in [5.41, 5.74) is 1.91. The van der Waals surface area contributed by atoms with E-state index in [0.717, 1.165) is 18.8 Å². The maximum atomic E-state index is 11.3. The standard InChI is InChI=1S/C12H18N2OS/c1-13-12(15)11-5-3-10(4-6-11)9-14-7-8-16-2/h3-6,14H,7-9H2,1-2H3,(H,13,15). The Balaban J connectivity index is 2.42. The summed E-state index contributed by atoms with van der Waals surface area (Å²) in [5, 5.41) is 5.95. The van der Waals surface area contributed by atoms with Crippen molar-refractivity contribution >= 4 is 17.7 Å². The van der Waals surface area contributed by atoms with Crippen LogP contribution in [0.2, 0.25) is 0 Å². The molecule has 0 aliphatic heterocycles. The Morgan fingerprint density at radius 3 is 2.56 bits per heavy atom. The zero-order valence-electron chi connectivity index (χ0n) is 9.75. The highest BCUT2D eigenvalue weighted by Crippen LogP contribution is 2.04. The van der Waals surface area contributed by atoms with Gasteiger partial charge in [-0.05, 0) is 24.0 Å². The summed E-state index contributed by atoms with van der Waals surface area (Å²) in [6.45, 7) is 1.87. The molecular weight excluding hydrogens is 220 g/mol. The van der Waals surface area contributed by atoms with E-state index in [2.05, 4.69) is 16.9 Å². The number of nitrogens with one attached hydrogen (secondary N) is 2. The number of thioether (sulfide) groups is 1. The predicted octanol–water partition coefficient (Wildman–Crippen LogP) is 1.50. The smallest absolute Gasteiger partial charge is 0.251 e. The molecule has 0 aliphatic carbocycles.